The molecule has 0 fully saturated rings. The van der Waals surface area contributed by atoms with Gasteiger partial charge in [-0.15, -0.1) is 0 Å². The van der Waals surface area contributed by atoms with Crippen LogP contribution in [0.1, 0.15) is 16.1 Å². The molecule has 2 aromatic heterocycles. The Bertz CT molecular complexity index is 1290. The summed E-state index contributed by atoms with van der Waals surface area (Å²) in [6.07, 6.45) is -4.52. The Morgan fingerprint density at radius 1 is 1.04 bits per heavy atom. The topological polar surface area (TPSA) is 64.2 Å². The summed E-state index contributed by atoms with van der Waals surface area (Å²) < 4.78 is 45.4. The largest absolute Gasteiger partial charge is 0.422 e. The number of halogens is 3. The van der Waals surface area contributed by atoms with Crippen LogP contribution in [0.4, 0.5) is 18.9 Å². The minimum absolute atomic E-state index is 0.00183. The molecule has 0 atom stereocenters. The highest BCUT2D eigenvalue weighted by Crippen LogP contribution is 2.31. The fourth-order valence-electron chi connectivity index (χ4n) is 3.18. The van der Waals surface area contributed by atoms with E-state index < -0.39 is 23.3 Å². The first-order chi connectivity index (χ1) is 13.3. The molecule has 0 radical (unpaired) electrons. The Morgan fingerprint density at radius 3 is 2.54 bits per heavy atom. The van der Waals surface area contributed by atoms with E-state index >= 15 is 0 Å². The average molecular weight is 386 g/mol. The molecule has 4 rings (SSSR count). The second kappa shape index (κ2) is 6.26. The SMILES string of the molecule is Cn1c(C(=O)Nc2cccc(C(F)(F)F)c2)cc2c(=O)oc3ccccc3c21. The fraction of sp³-hybridized carbons (Fsp3) is 0.100. The molecule has 5 nitrogen and oxygen atoms in total. The minimum atomic E-state index is -4.52. The van der Waals surface area contributed by atoms with Gasteiger partial charge < -0.3 is 14.3 Å². The van der Waals surface area contributed by atoms with E-state index in [-0.39, 0.29) is 16.8 Å². The maximum atomic E-state index is 12.9. The Kier molecular flexibility index (Phi) is 3.99. The van der Waals surface area contributed by atoms with Crippen LogP contribution >= 0.6 is 0 Å². The quantitative estimate of drug-likeness (QED) is 0.514. The van der Waals surface area contributed by atoms with E-state index in [4.69, 9.17) is 4.42 Å². The number of anilines is 1. The van der Waals surface area contributed by atoms with Crippen molar-refractivity contribution in [1.29, 1.82) is 0 Å². The van der Waals surface area contributed by atoms with Crippen molar-refractivity contribution in [3.63, 3.8) is 0 Å². The van der Waals surface area contributed by atoms with Crippen molar-refractivity contribution >= 4 is 33.5 Å². The zero-order valence-corrected chi connectivity index (χ0v) is 14.5. The van der Waals surface area contributed by atoms with Gasteiger partial charge in [0.25, 0.3) is 5.91 Å². The molecule has 1 amide bonds. The number of rotatable bonds is 2. The third kappa shape index (κ3) is 2.92. The number of amides is 1. The third-order valence-electron chi connectivity index (χ3n) is 4.48. The van der Waals surface area contributed by atoms with Crippen molar-refractivity contribution in [3.8, 4) is 0 Å². The number of carbonyl (C=O) groups is 1. The van der Waals surface area contributed by atoms with E-state index in [1.54, 1.807) is 31.3 Å². The Hall–Kier alpha value is -3.55. The lowest BCUT2D eigenvalue weighted by Gasteiger charge is -2.10. The number of fused-ring (bicyclic) bond motifs is 3. The molecule has 0 unspecified atom stereocenters. The zero-order chi connectivity index (χ0) is 20.1. The minimum Gasteiger partial charge on any atom is -0.422 e. The number of aromatic nitrogens is 1. The van der Waals surface area contributed by atoms with E-state index in [0.29, 0.717) is 16.5 Å². The van der Waals surface area contributed by atoms with Crippen LogP contribution in [0.15, 0.2) is 63.8 Å². The number of nitrogens with one attached hydrogen (secondary N) is 1. The number of hydrogen-bond acceptors (Lipinski definition) is 3. The predicted molar refractivity (Wildman–Crippen MR) is 98.4 cm³/mol. The number of nitrogens with zero attached hydrogens (tertiary/aromatic N) is 1. The number of aryl methyl sites for hydroxylation is 1. The van der Waals surface area contributed by atoms with Crippen molar-refractivity contribution in [2.45, 2.75) is 6.18 Å². The molecule has 28 heavy (non-hydrogen) atoms. The van der Waals surface area contributed by atoms with Crippen LogP contribution in [-0.2, 0) is 13.2 Å². The summed E-state index contributed by atoms with van der Waals surface area (Å²) in [4.78, 5) is 24.9. The summed E-state index contributed by atoms with van der Waals surface area (Å²) in [7, 11) is 1.61. The predicted octanol–water partition coefficient (Wildman–Crippen LogP) is 4.56. The van der Waals surface area contributed by atoms with E-state index in [1.165, 1.54) is 22.8 Å². The van der Waals surface area contributed by atoms with Gasteiger partial charge in [0.1, 0.15) is 11.3 Å². The number of carbonyl (C=O) groups excluding carboxylic acids is 1. The van der Waals surface area contributed by atoms with Crippen molar-refractivity contribution in [3.05, 3.63) is 76.3 Å². The van der Waals surface area contributed by atoms with Gasteiger partial charge in [-0.3, -0.25) is 4.79 Å². The average Bonchev–Trinajstić information content (AvgIpc) is 3.00. The first-order valence-electron chi connectivity index (χ1n) is 8.25. The lowest BCUT2D eigenvalue weighted by atomic mass is 10.2. The van der Waals surface area contributed by atoms with Crippen molar-refractivity contribution < 1.29 is 22.4 Å². The molecule has 0 aliphatic rings. The molecule has 4 aromatic rings. The van der Waals surface area contributed by atoms with Gasteiger partial charge in [0.05, 0.1) is 16.5 Å². The smallest absolute Gasteiger partial charge is 0.416 e. The van der Waals surface area contributed by atoms with Crippen molar-refractivity contribution in [2.75, 3.05) is 5.32 Å². The zero-order valence-electron chi connectivity index (χ0n) is 14.5. The molecule has 0 aliphatic heterocycles. The van der Waals surface area contributed by atoms with Crippen LogP contribution in [0, 0.1) is 0 Å². The van der Waals surface area contributed by atoms with Crippen molar-refractivity contribution in [2.24, 2.45) is 7.05 Å². The highest BCUT2D eigenvalue weighted by Gasteiger charge is 2.30. The number of para-hydroxylation sites is 1. The molecule has 0 aliphatic carbocycles. The summed E-state index contributed by atoms with van der Waals surface area (Å²) in [5, 5.41) is 3.32. The van der Waals surface area contributed by atoms with Gasteiger partial charge in [0.15, 0.2) is 0 Å². The van der Waals surface area contributed by atoms with Crippen LogP contribution < -0.4 is 10.9 Å². The molecule has 0 bridgehead atoms. The number of benzene rings is 2. The Labute approximate surface area is 156 Å². The molecule has 1 N–H and O–H groups in total. The Morgan fingerprint density at radius 2 is 1.79 bits per heavy atom. The molecule has 2 aromatic carbocycles. The lowest BCUT2D eigenvalue weighted by Crippen LogP contribution is -2.16. The summed E-state index contributed by atoms with van der Waals surface area (Å²) in [5.41, 5.74) is -0.443. The molecular formula is C20H13F3N2O3. The van der Waals surface area contributed by atoms with Gasteiger partial charge in [-0.2, -0.15) is 13.2 Å². The second-order valence-electron chi connectivity index (χ2n) is 6.27. The van der Waals surface area contributed by atoms with Gasteiger partial charge in [0, 0.05) is 18.1 Å². The molecule has 0 saturated heterocycles. The summed E-state index contributed by atoms with van der Waals surface area (Å²) >= 11 is 0. The van der Waals surface area contributed by atoms with Crippen molar-refractivity contribution in [1.82, 2.24) is 4.57 Å². The molecule has 0 spiro atoms. The van der Waals surface area contributed by atoms with Crippen LogP contribution in [0.3, 0.4) is 0 Å². The molecular weight excluding hydrogens is 373 g/mol. The fourth-order valence-corrected chi connectivity index (χ4v) is 3.18. The monoisotopic (exact) mass is 386 g/mol. The first kappa shape index (κ1) is 17.8. The molecule has 2 heterocycles. The number of alkyl halides is 3. The highest BCUT2D eigenvalue weighted by atomic mass is 19.4. The first-order valence-corrected chi connectivity index (χ1v) is 8.25. The van der Waals surface area contributed by atoms with Crippen LogP contribution in [0.5, 0.6) is 0 Å². The standard InChI is InChI=1S/C20H13F3N2O3/c1-25-15(18(26)24-12-6-4-5-11(9-12)20(21,22)23)10-14-17(25)13-7-2-3-8-16(13)28-19(14)27/h2-10H,1H3,(H,24,26). The maximum Gasteiger partial charge on any atom is 0.416 e. The van der Waals surface area contributed by atoms with E-state index in [0.717, 1.165) is 12.1 Å². The molecule has 8 heteroatoms. The van der Waals surface area contributed by atoms with Gasteiger partial charge in [-0.1, -0.05) is 18.2 Å². The number of hydrogen-bond donors (Lipinski definition) is 1. The molecule has 0 saturated carbocycles. The van der Waals surface area contributed by atoms with Crippen LogP contribution in [-0.4, -0.2) is 10.5 Å². The van der Waals surface area contributed by atoms with E-state index in [9.17, 15) is 22.8 Å². The van der Waals surface area contributed by atoms with Gasteiger partial charge in [-0.25, -0.2) is 4.79 Å². The third-order valence-corrected chi connectivity index (χ3v) is 4.48. The van der Waals surface area contributed by atoms with Gasteiger partial charge in [-0.05, 0) is 36.4 Å². The lowest BCUT2D eigenvalue weighted by molar-refractivity contribution is -0.137. The van der Waals surface area contributed by atoms with E-state index in [2.05, 4.69) is 5.32 Å². The maximum absolute atomic E-state index is 12.9. The van der Waals surface area contributed by atoms with Gasteiger partial charge >= 0.3 is 11.8 Å². The second-order valence-corrected chi connectivity index (χ2v) is 6.27. The van der Waals surface area contributed by atoms with Gasteiger partial charge in [0.2, 0.25) is 0 Å². The molecule has 142 valence electrons. The Balaban J connectivity index is 1.79. The summed E-state index contributed by atoms with van der Waals surface area (Å²) in [5.74, 6) is -0.637. The summed E-state index contributed by atoms with van der Waals surface area (Å²) in [6.45, 7) is 0. The highest BCUT2D eigenvalue weighted by molar-refractivity contribution is 6.10. The van der Waals surface area contributed by atoms with Crippen LogP contribution in [0.2, 0.25) is 0 Å². The van der Waals surface area contributed by atoms with Crippen LogP contribution in [0.25, 0.3) is 21.9 Å². The normalized spacial score (nSPS) is 11.9. The van der Waals surface area contributed by atoms with E-state index in [1.807, 2.05) is 0 Å². The summed E-state index contributed by atoms with van der Waals surface area (Å²) in [6, 6.07) is 12.6.